The Bertz CT molecular complexity index is 1240. The monoisotopic (exact) mass is 377 g/mol. The highest BCUT2D eigenvalue weighted by atomic mass is 32.1. The third kappa shape index (κ3) is 2.55. The number of nitrogens with zero attached hydrogens (tertiary/aromatic N) is 2. The maximum Gasteiger partial charge on any atom is 0.268 e. The van der Waals surface area contributed by atoms with Crippen molar-refractivity contribution in [3.63, 3.8) is 0 Å². The summed E-state index contributed by atoms with van der Waals surface area (Å²) >= 11 is 1.44. The molecule has 0 saturated carbocycles. The number of rotatable bonds is 2. The molecule has 1 aliphatic carbocycles. The minimum Gasteiger partial charge on any atom is -0.497 e. The van der Waals surface area contributed by atoms with Gasteiger partial charge in [0.25, 0.3) is 5.56 Å². The number of hydrogen-bond acceptors (Lipinski definition) is 5. The van der Waals surface area contributed by atoms with Crippen LogP contribution in [0.1, 0.15) is 29.9 Å². The Labute approximate surface area is 160 Å². The summed E-state index contributed by atoms with van der Waals surface area (Å²) in [5.41, 5.74) is 5.46. The average Bonchev–Trinajstić information content (AvgIpc) is 3.05. The number of thiophene rings is 1. The van der Waals surface area contributed by atoms with E-state index < -0.39 is 0 Å². The highest BCUT2D eigenvalue weighted by molar-refractivity contribution is 7.25. The zero-order valence-corrected chi connectivity index (χ0v) is 16.1. The molecule has 1 N–H and O–H groups in total. The van der Waals surface area contributed by atoms with Crippen LogP contribution in [0.4, 0.5) is 0 Å². The van der Waals surface area contributed by atoms with Gasteiger partial charge in [-0.15, -0.1) is 11.3 Å². The standard InChI is InChI=1S/C21H19N3O2S/c1-11-22-18-17-16(12-7-9-13(26-2)10-8-12)14-5-3-4-6-15(14)24-21(17)27-19(18)20(25)23-11/h7-10H,3-6H2,1-2H3,(H,22,23,25). The Hall–Kier alpha value is -2.73. The molecule has 0 fully saturated rings. The van der Waals surface area contributed by atoms with Gasteiger partial charge in [0.2, 0.25) is 0 Å². The Balaban J connectivity index is 1.94. The second-order valence-electron chi connectivity index (χ2n) is 6.96. The van der Waals surface area contributed by atoms with E-state index in [0.717, 1.165) is 46.3 Å². The number of nitrogens with one attached hydrogen (secondary N) is 1. The fourth-order valence-corrected chi connectivity index (χ4v) is 5.06. The van der Waals surface area contributed by atoms with Gasteiger partial charge in [-0.3, -0.25) is 4.79 Å². The topological polar surface area (TPSA) is 67.9 Å². The first-order chi connectivity index (χ1) is 13.2. The number of aromatic nitrogens is 3. The van der Waals surface area contributed by atoms with E-state index in [0.29, 0.717) is 10.5 Å². The Morgan fingerprint density at radius 3 is 2.67 bits per heavy atom. The van der Waals surface area contributed by atoms with Crippen LogP contribution in [-0.2, 0) is 12.8 Å². The van der Waals surface area contributed by atoms with Gasteiger partial charge in [-0.05, 0) is 61.4 Å². The van der Waals surface area contributed by atoms with E-state index >= 15 is 0 Å². The van der Waals surface area contributed by atoms with Crippen LogP contribution in [0, 0.1) is 6.92 Å². The zero-order chi connectivity index (χ0) is 18.5. The fourth-order valence-electron chi connectivity index (χ4n) is 4.02. The van der Waals surface area contributed by atoms with Gasteiger partial charge in [0.1, 0.15) is 21.1 Å². The molecule has 1 aliphatic rings. The number of pyridine rings is 1. The van der Waals surface area contributed by atoms with E-state index in [1.54, 1.807) is 7.11 Å². The van der Waals surface area contributed by atoms with Crippen LogP contribution in [0.15, 0.2) is 29.1 Å². The first-order valence-electron chi connectivity index (χ1n) is 9.15. The van der Waals surface area contributed by atoms with Crippen molar-refractivity contribution in [2.24, 2.45) is 0 Å². The Morgan fingerprint density at radius 2 is 1.89 bits per heavy atom. The molecule has 5 nitrogen and oxygen atoms in total. The van der Waals surface area contributed by atoms with Crippen molar-refractivity contribution in [2.75, 3.05) is 7.11 Å². The lowest BCUT2D eigenvalue weighted by atomic mass is 9.87. The van der Waals surface area contributed by atoms with Crippen LogP contribution < -0.4 is 10.3 Å². The number of benzene rings is 1. The van der Waals surface area contributed by atoms with Gasteiger partial charge in [0.15, 0.2) is 0 Å². The second kappa shape index (κ2) is 6.16. The molecule has 0 atom stereocenters. The lowest BCUT2D eigenvalue weighted by Gasteiger charge is -2.20. The van der Waals surface area contributed by atoms with E-state index in [1.165, 1.54) is 34.6 Å². The highest BCUT2D eigenvalue weighted by Gasteiger charge is 2.23. The summed E-state index contributed by atoms with van der Waals surface area (Å²) in [4.78, 5) is 25.8. The van der Waals surface area contributed by atoms with Crippen molar-refractivity contribution in [3.8, 4) is 16.9 Å². The summed E-state index contributed by atoms with van der Waals surface area (Å²) in [6.07, 6.45) is 4.33. The maximum atomic E-state index is 12.5. The smallest absolute Gasteiger partial charge is 0.268 e. The predicted octanol–water partition coefficient (Wildman–Crippen LogP) is 4.40. The summed E-state index contributed by atoms with van der Waals surface area (Å²) in [5, 5.41) is 1.01. The van der Waals surface area contributed by atoms with Gasteiger partial charge in [0.05, 0.1) is 12.6 Å². The molecule has 1 aromatic carbocycles. The molecule has 0 radical (unpaired) electrons. The van der Waals surface area contributed by atoms with E-state index in [4.69, 9.17) is 9.72 Å². The van der Waals surface area contributed by atoms with Gasteiger partial charge in [-0.1, -0.05) is 12.1 Å². The third-order valence-electron chi connectivity index (χ3n) is 5.25. The summed E-state index contributed by atoms with van der Waals surface area (Å²) in [6, 6.07) is 8.14. The first kappa shape index (κ1) is 16.4. The Morgan fingerprint density at radius 1 is 1.11 bits per heavy atom. The van der Waals surface area contributed by atoms with Crippen molar-refractivity contribution < 1.29 is 4.74 Å². The molecule has 0 bridgehead atoms. The van der Waals surface area contributed by atoms with Crippen LogP contribution in [0.25, 0.3) is 31.6 Å². The quantitative estimate of drug-likeness (QED) is 0.562. The van der Waals surface area contributed by atoms with E-state index in [-0.39, 0.29) is 5.56 Å². The molecule has 4 aromatic rings. The lowest BCUT2D eigenvalue weighted by molar-refractivity contribution is 0.415. The molecule has 0 unspecified atom stereocenters. The van der Waals surface area contributed by atoms with Crippen LogP contribution in [0.5, 0.6) is 5.75 Å². The molecule has 3 aromatic heterocycles. The molecule has 0 aliphatic heterocycles. The van der Waals surface area contributed by atoms with E-state index in [1.807, 2.05) is 19.1 Å². The van der Waals surface area contributed by atoms with Crippen molar-refractivity contribution in [2.45, 2.75) is 32.6 Å². The first-order valence-corrected chi connectivity index (χ1v) is 9.96. The lowest BCUT2D eigenvalue weighted by Crippen LogP contribution is -2.08. The molecule has 136 valence electrons. The van der Waals surface area contributed by atoms with Gasteiger partial charge in [-0.25, -0.2) is 9.97 Å². The van der Waals surface area contributed by atoms with E-state index in [2.05, 4.69) is 22.1 Å². The molecule has 3 heterocycles. The summed E-state index contributed by atoms with van der Waals surface area (Å²) < 4.78 is 5.98. The molecular formula is C21H19N3O2S. The van der Waals surface area contributed by atoms with E-state index in [9.17, 15) is 4.79 Å². The summed E-state index contributed by atoms with van der Waals surface area (Å²) in [6.45, 7) is 1.82. The number of ether oxygens (including phenoxy) is 1. The SMILES string of the molecule is COc1ccc(-c2c3c(nc4sc5c(=O)[nH]c(C)nc5c24)CCCC3)cc1. The van der Waals surface area contributed by atoms with Gasteiger partial charge < -0.3 is 9.72 Å². The molecule has 0 saturated heterocycles. The number of aryl methyl sites for hydroxylation is 2. The van der Waals surface area contributed by atoms with Crippen LogP contribution in [0.2, 0.25) is 0 Å². The summed E-state index contributed by atoms with van der Waals surface area (Å²) in [7, 11) is 1.67. The summed E-state index contributed by atoms with van der Waals surface area (Å²) in [5.74, 6) is 1.46. The molecule has 27 heavy (non-hydrogen) atoms. The zero-order valence-electron chi connectivity index (χ0n) is 15.3. The molecule has 6 heteroatoms. The molecule has 0 amide bonds. The van der Waals surface area contributed by atoms with Crippen molar-refractivity contribution in [3.05, 3.63) is 51.7 Å². The highest BCUT2D eigenvalue weighted by Crippen LogP contribution is 2.42. The number of methoxy groups -OCH3 is 1. The van der Waals surface area contributed by atoms with Crippen LogP contribution in [-0.4, -0.2) is 22.1 Å². The van der Waals surface area contributed by atoms with Crippen LogP contribution >= 0.6 is 11.3 Å². The normalized spacial score (nSPS) is 13.9. The van der Waals surface area contributed by atoms with Gasteiger partial charge in [0, 0.05) is 11.1 Å². The maximum absolute atomic E-state index is 12.5. The third-order valence-corrected chi connectivity index (χ3v) is 6.32. The molecule has 5 rings (SSSR count). The van der Waals surface area contributed by atoms with Crippen molar-refractivity contribution in [1.29, 1.82) is 0 Å². The van der Waals surface area contributed by atoms with Crippen molar-refractivity contribution >= 4 is 31.8 Å². The van der Waals surface area contributed by atoms with Crippen LogP contribution in [0.3, 0.4) is 0 Å². The second-order valence-corrected chi connectivity index (χ2v) is 7.96. The largest absolute Gasteiger partial charge is 0.497 e. The minimum atomic E-state index is -0.0841. The predicted molar refractivity (Wildman–Crippen MR) is 109 cm³/mol. The number of hydrogen-bond donors (Lipinski definition) is 1. The molecule has 0 spiro atoms. The van der Waals surface area contributed by atoms with Gasteiger partial charge >= 0.3 is 0 Å². The molecular weight excluding hydrogens is 358 g/mol. The number of fused-ring (bicyclic) bond motifs is 4. The van der Waals surface area contributed by atoms with Crippen molar-refractivity contribution in [1.82, 2.24) is 15.0 Å². The number of aromatic amines is 1. The minimum absolute atomic E-state index is 0.0841. The number of H-pyrrole nitrogens is 1. The van der Waals surface area contributed by atoms with Gasteiger partial charge in [-0.2, -0.15) is 0 Å². The fraction of sp³-hybridized carbons (Fsp3) is 0.286. The Kier molecular flexibility index (Phi) is 3.75. The average molecular weight is 377 g/mol.